The van der Waals surface area contributed by atoms with Gasteiger partial charge in [0.15, 0.2) is 0 Å². The highest BCUT2D eigenvalue weighted by molar-refractivity contribution is 6.09. The predicted octanol–water partition coefficient (Wildman–Crippen LogP) is 4.88. The molecule has 5 aromatic rings. The van der Waals surface area contributed by atoms with E-state index in [1.54, 1.807) is 29.3 Å². The lowest BCUT2D eigenvalue weighted by Crippen LogP contribution is -2.19. The molecule has 0 atom stereocenters. The van der Waals surface area contributed by atoms with Crippen molar-refractivity contribution in [2.24, 2.45) is 0 Å². The summed E-state index contributed by atoms with van der Waals surface area (Å²) in [5.41, 5.74) is 4.00. The van der Waals surface area contributed by atoms with Gasteiger partial charge in [0.1, 0.15) is 11.5 Å². The van der Waals surface area contributed by atoms with Crippen LogP contribution in [0.15, 0.2) is 55.0 Å². The Morgan fingerprint density at radius 2 is 2.00 bits per heavy atom. The smallest absolute Gasteiger partial charge is 0.273 e. The van der Waals surface area contributed by atoms with Crippen LogP contribution in [-0.4, -0.2) is 30.9 Å². The molecule has 0 fully saturated rings. The van der Waals surface area contributed by atoms with Crippen molar-refractivity contribution in [1.29, 1.82) is 0 Å². The summed E-state index contributed by atoms with van der Waals surface area (Å²) in [6.07, 6.45) is 5.04. The zero-order valence-electron chi connectivity index (χ0n) is 16.4. The molecule has 0 aliphatic carbocycles. The SMILES string of the molecule is CC(C)n1nccc1C(=O)Nc1cc(-c2cc(F)cc3[nH]ccc23)cc2[nH]ncc12. The summed E-state index contributed by atoms with van der Waals surface area (Å²) in [5.74, 6) is -0.608. The minimum absolute atomic E-state index is 0.0511. The Hall–Kier alpha value is -3.94. The maximum atomic E-state index is 14.2. The van der Waals surface area contributed by atoms with Gasteiger partial charge in [0.25, 0.3) is 5.91 Å². The lowest BCUT2D eigenvalue weighted by molar-refractivity contribution is 0.101. The second kappa shape index (κ2) is 6.84. The molecule has 3 N–H and O–H groups in total. The summed E-state index contributed by atoms with van der Waals surface area (Å²) in [6.45, 7) is 3.93. The van der Waals surface area contributed by atoms with Crippen LogP contribution in [0.25, 0.3) is 32.9 Å². The van der Waals surface area contributed by atoms with E-state index in [4.69, 9.17) is 0 Å². The zero-order chi connectivity index (χ0) is 20.8. The number of rotatable bonds is 4. The van der Waals surface area contributed by atoms with Gasteiger partial charge in [-0.25, -0.2) is 4.39 Å². The maximum absolute atomic E-state index is 14.2. The van der Waals surface area contributed by atoms with E-state index < -0.39 is 0 Å². The van der Waals surface area contributed by atoms with Crippen molar-refractivity contribution in [2.75, 3.05) is 5.32 Å². The topological polar surface area (TPSA) is 91.4 Å². The van der Waals surface area contributed by atoms with E-state index in [2.05, 4.69) is 25.6 Å². The van der Waals surface area contributed by atoms with E-state index in [-0.39, 0.29) is 17.8 Å². The molecule has 0 saturated heterocycles. The number of carbonyl (C=O) groups is 1. The van der Waals surface area contributed by atoms with Gasteiger partial charge in [0.2, 0.25) is 0 Å². The van der Waals surface area contributed by atoms with Crippen molar-refractivity contribution in [3.05, 3.63) is 66.5 Å². The summed E-state index contributed by atoms with van der Waals surface area (Å²) in [7, 11) is 0. The summed E-state index contributed by atoms with van der Waals surface area (Å²) in [5, 5.41) is 15.9. The molecule has 0 radical (unpaired) electrons. The Balaban J connectivity index is 1.63. The minimum Gasteiger partial charge on any atom is -0.361 e. The quantitative estimate of drug-likeness (QED) is 0.400. The van der Waals surface area contributed by atoms with Gasteiger partial charge in [-0.2, -0.15) is 10.2 Å². The van der Waals surface area contributed by atoms with Crippen LogP contribution < -0.4 is 5.32 Å². The summed E-state index contributed by atoms with van der Waals surface area (Å²) >= 11 is 0. The molecule has 7 nitrogen and oxygen atoms in total. The highest BCUT2D eigenvalue weighted by Crippen LogP contribution is 2.34. The van der Waals surface area contributed by atoms with Gasteiger partial charge in [-0.1, -0.05) is 0 Å². The summed E-state index contributed by atoms with van der Waals surface area (Å²) in [6, 6.07) is 10.3. The van der Waals surface area contributed by atoms with Crippen LogP contribution in [0.2, 0.25) is 0 Å². The van der Waals surface area contributed by atoms with Crippen molar-refractivity contribution >= 4 is 33.4 Å². The van der Waals surface area contributed by atoms with Crippen molar-refractivity contribution in [2.45, 2.75) is 19.9 Å². The number of carbonyl (C=O) groups excluding carboxylic acids is 1. The molecule has 0 aliphatic heterocycles. The number of nitrogens with zero attached hydrogens (tertiary/aromatic N) is 3. The summed E-state index contributed by atoms with van der Waals surface area (Å²) in [4.78, 5) is 16.0. The fourth-order valence-electron chi connectivity index (χ4n) is 3.77. The Bertz CT molecular complexity index is 1390. The third-order valence-electron chi connectivity index (χ3n) is 5.14. The first-order valence-corrected chi connectivity index (χ1v) is 9.60. The van der Waals surface area contributed by atoms with Crippen LogP contribution in [0.5, 0.6) is 0 Å². The molecular weight excluding hydrogens is 383 g/mol. The molecule has 0 aliphatic rings. The van der Waals surface area contributed by atoms with Crippen molar-refractivity contribution < 1.29 is 9.18 Å². The third-order valence-corrected chi connectivity index (χ3v) is 5.14. The zero-order valence-corrected chi connectivity index (χ0v) is 16.4. The van der Waals surface area contributed by atoms with Gasteiger partial charge in [0, 0.05) is 34.7 Å². The number of hydrogen-bond donors (Lipinski definition) is 3. The van der Waals surface area contributed by atoms with Gasteiger partial charge >= 0.3 is 0 Å². The van der Waals surface area contributed by atoms with Crippen molar-refractivity contribution in [3.63, 3.8) is 0 Å². The van der Waals surface area contributed by atoms with E-state index in [1.807, 2.05) is 32.0 Å². The van der Waals surface area contributed by atoms with Gasteiger partial charge in [-0.3, -0.25) is 14.6 Å². The van der Waals surface area contributed by atoms with E-state index in [9.17, 15) is 9.18 Å². The van der Waals surface area contributed by atoms with E-state index >= 15 is 0 Å². The molecule has 0 spiro atoms. The van der Waals surface area contributed by atoms with Crippen LogP contribution in [0.1, 0.15) is 30.4 Å². The average molecular weight is 402 g/mol. The molecule has 3 aromatic heterocycles. The molecular formula is C22H19FN6O. The molecule has 0 unspecified atom stereocenters. The fourth-order valence-corrected chi connectivity index (χ4v) is 3.77. The van der Waals surface area contributed by atoms with Crippen LogP contribution in [0.3, 0.4) is 0 Å². The largest absolute Gasteiger partial charge is 0.361 e. The summed E-state index contributed by atoms with van der Waals surface area (Å²) < 4.78 is 15.9. The van der Waals surface area contributed by atoms with Gasteiger partial charge in [-0.15, -0.1) is 0 Å². The van der Waals surface area contributed by atoms with E-state index in [0.29, 0.717) is 16.9 Å². The maximum Gasteiger partial charge on any atom is 0.273 e. The number of nitrogens with one attached hydrogen (secondary N) is 3. The number of benzene rings is 2. The average Bonchev–Trinajstić information content (AvgIpc) is 3.46. The number of anilines is 1. The number of hydrogen-bond acceptors (Lipinski definition) is 3. The lowest BCUT2D eigenvalue weighted by atomic mass is 9.99. The monoisotopic (exact) mass is 402 g/mol. The molecule has 1 amide bonds. The minimum atomic E-state index is -0.337. The molecule has 5 rings (SSSR count). The molecule has 0 bridgehead atoms. The molecule has 8 heteroatoms. The number of fused-ring (bicyclic) bond motifs is 2. The Morgan fingerprint density at radius 1 is 1.13 bits per heavy atom. The number of aromatic amines is 2. The number of amides is 1. The first-order valence-electron chi connectivity index (χ1n) is 9.60. The number of halogens is 1. The third kappa shape index (κ3) is 2.93. The second-order valence-electron chi connectivity index (χ2n) is 7.46. The molecule has 2 aromatic carbocycles. The standard InChI is InChI=1S/C22H19FN6O/c1-12(2)29-21(4-6-26-29)22(30)27-19-7-13(8-20-17(19)11-25-28-20)16-9-14(23)10-18-15(16)3-5-24-18/h3-12,24H,1-2H3,(H,25,28)(H,27,30). The highest BCUT2D eigenvalue weighted by atomic mass is 19.1. The van der Waals surface area contributed by atoms with Crippen LogP contribution in [-0.2, 0) is 0 Å². The lowest BCUT2D eigenvalue weighted by Gasteiger charge is -2.13. The number of H-pyrrole nitrogens is 2. The van der Waals surface area contributed by atoms with Crippen molar-refractivity contribution in [3.8, 4) is 11.1 Å². The molecule has 3 heterocycles. The Kier molecular flexibility index (Phi) is 4.13. The van der Waals surface area contributed by atoms with Gasteiger partial charge in [0.05, 0.1) is 17.4 Å². The highest BCUT2D eigenvalue weighted by Gasteiger charge is 2.17. The first kappa shape index (κ1) is 18.1. The van der Waals surface area contributed by atoms with Crippen LogP contribution in [0.4, 0.5) is 10.1 Å². The predicted molar refractivity (Wildman–Crippen MR) is 114 cm³/mol. The van der Waals surface area contributed by atoms with E-state index in [1.165, 1.54) is 12.1 Å². The first-order chi connectivity index (χ1) is 14.5. The van der Waals surface area contributed by atoms with Crippen LogP contribution >= 0.6 is 0 Å². The molecule has 150 valence electrons. The van der Waals surface area contributed by atoms with E-state index in [0.717, 1.165) is 27.4 Å². The second-order valence-corrected chi connectivity index (χ2v) is 7.46. The normalized spacial score (nSPS) is 11.6. The Labute approximate surface area is 170 Å². The number of aromatic nitrogens is 5. The molecule has 30 heavy (non-hydrogen) atoms. The fraction of sp³-hybridized carbons (Fsp3) is 0.136. The van der Waals surface area contributed by atoms with Gasteiger partial charge < -0.3 is 10.3 Å². The molecule has 0 saturated carbocycles. The van der Waals surface area contributed by atoms with Crippen molar-refractivity contribution in [1.82, 2.24) is 25.0 Å². The Morgan fingerprint density at radius 3 is 2.83 bits per heavy atom. The van der Waals surface area contributed by atoms with Crippen LogP contribution in [0, 0.1) is 5.82 Å². The van der Waals surface area contributed by atoms with Gasteiger partial charge in [-0.05, 0) is 61.4 Å².